The maximum Gasteiger partial charge on any atom is 0.290 e. The van der Waals surface area contributed by atoms with Crippen LogP contribution in [0.2, 0.25) is 0 Å². The number of hydrogen-bond acceptors (Lipinski definition) is 7. The van der Waals surface area contributed by atoms with Crippen molar-refractivity contribution in [2.24, 2.45) is 0 Å². The lowest BCUT2D eigenvalue weighted by Gasteiger charge is -2.28. The van der Waals surface area contributed by atoms with E-state index in [9.17, 15) is 9.59 Å². The largest absolute Gasteiger partial charge is 0.467 e. The van der Waals surface area contributed by atoms with Crippen LogP contribution >= 0.6 is 0 Å². The van der Waals surface area contributed by atoms with Crippen LogP contribution in [0.15, 0.2) is 63.8 Å². The Bertz CT molecular complexity index is 1100. The van der Waals surface area contributed by atoms with E-state index in [0.29, 0.717) is 37.0 Å². The molecule has 1 atom stereocenters. The predicted molar refractivity (Wildman–Crippen MR) is 119 cm³/mol. The van der Waals surface area contributed by atoms with Gasteiger partial charge < -0.3 is 32.8 Å². The third-order valence-electron chi connectivity index (χ3n) is 5.88. The van der Waals surface area contributed by atoms with Crippen molar-refractivity contribution in [3.8, 4) is 11.5 Å². The smallest absolute Gasteiger partial charge is 0.290 e. The van der Waals surface area contributed by atoms with Gasteiger partial charge in [0.15, 0.2) is 17.3 Å². The first-order valence-electron chi connectivity index (χ1n) is 11.3. The number of nitrogens with zero attached hydrogens (tertiary/aromatic N) is 2. The second-order valence-electron chi connectivity index (χ2n) is 8.31. The highest BCUT2D eigenvalue weighted by Gasteiger charge is 2.29. The van der Waals surface area contributed by atoms with Gasteiger partial charge in [-0.1, -0.05) is 6.07 Å². The minimum atomic E-state index is -0.338. The molecule has 1 fully saturated rings. The summed E-state index contributed by atoms with van der Waals surface area (Å²) in [6.45, 7) is 1.65. The fraction of sp³-hybridized carbons (Fsp3) is 0.360. The van der Waals surface area contributed by atoms with Crippen LogP contribution in [0, 0.1) is 0 Å². The van der Waals surface area contributed by atoms with Crippen molar-refractivity contribution >= 4 is 11.8 Å². The first-order chi connectivity index (χ1) is 16.7. The van der Waals surface area contributed by atoms with E-state index < -0.39 is 0 Å². The summed E-state index contributed by atoms with van der Waals surface area (Å²) in [6.07, 6.45) is 4.71. The van der Waals surface area contributed by atoms with Crippen molar-refractivity contribution < 1.29 is 32.6 Å². The molecule has 2 amide bonds. The van der Waals surface area contributed by atoms with Crippen molar-refractivity contribution in [2.75, 3.05) is 26.5 Å². The Labute approximate surface area is 196 Å². The Morgan fingerprint density at radius 3 is 2.56 bits per heavy atom. The second-order valence-corrected chi connectivity index (χ2v) is 8.31. The minimum Gasteiger partial charge on any atom is -0.467 e. The molecule has 1 unspecified atom stereocenters. The van der Waals surface area contributed by atoms with Crippen LogP contribution in [-0.2, 0) is 22.6 Å². The number of carbonyl (C=O) groups is 2. The van der Waals surface area contributed by atoms with Crippen LogP contribution in [0.3, 0.4) is 0 Å². The van der Waals surface area contributed by atoms with Gasteiger partial charge in [0.2, 0.25) is 12.7 Å². The summed E-state index contributed by atoms with van der Waals surface area (Å²) in [5.41, 5.74) is 0.882. The number of fused-ring (bicyclic) bond motifs is 1. The topological polar surface area (TPSA) is 94.6 Å². The van der Waals surface area contributed by atoms with E-state index in [-0.39, 0.29) is 43.6 Å². The average Bonchev–Trinajstić information content (AvgIpc) is 3.65. The molecule has 0 N–H and O–H groups in total. The van der Waals surface area contributed by atoms with Crippen molar-refractivity contribution in [2.45, 2.75) is 32.0 Å². The summed E-state index contributed by atoms with van der Waals surface area (Å²) in [5.74, 6) is 1.62. The van der Waals surface area contributed by atoms with Gasteiger partial charge in [-0.2, -0.15) is 0 Å². The highest BCUT2D eigenvalue weighted by atomic mass is 16.7. The molecule has 1 saturated heterocycles. The van der Waals surface area contributed by atoms with E-state index in [2.05, 4.69) is 0 Å². The molecular formula is C25H26N2O7. The first kappa shape index (κ1) is 22.1. The number of hydrogen-bond donors (Lipinski definition) is 0. The van der Waals surface area contributed by atoms with Crippen molar-refractivity contribution in [3.05, 3.63) is 72.1 Å². The zero-order valence-electron chi connectivity index (χ0n) is 18.7. The van der Waals surface area contributed by atoms with Gasteiger partial charge in [0, 0.05) is 19.7 Å². The van der Waals surface area contributed by atoms with E-state index in [1.165, 1.54) is 11.2 Å². The van der Waals surface area contributed by atoms with Crippen LogP contribution in [0.25, 0.3) is 0 Å². The zero-order valence-corrected chi connectivity index (χ0v) is 18.7. The molecule has 2 aliphatic rings. The molecule has 0 aliphatic carbocycles. The van der Waals surface area contributed by atoms with Gasteiger partial charge in [0.05, 0.1) is 25.2 Å². The molecule has 4 heterocycles. The Morgan fingerprint density at radius 1 is 0.941 bits per heavy atom. The molecular weight excluding hydrogens is 440 g/mol. The quantitative estimate of drug-likeness (QED) is 0.477. The zero-order chi connectivity index (χ0) is 23.3. The number of benzene rings is 1. The standard InChI is InChI=1S/C25H26N2O7/c28-24(16-27(15-20-5-2-10-31-20)25(29)22-6-3-11-32-22)26(14-19-4-1-9-30-19)13-18-7-8-21-23(12-18)34-17-33-21/h1,3-4,6-9,11-12,20H,2,5,10,13-17H2. The summed E-state index contributed by atoms with van der Waals surface area (Å²) >= 11 is 0. The number of furan rings is 2. The van der Waals surface area contributed by atoms with Gasteiger partial charge in [0.1, 0.15) is 12.3 Å². The van der Waals surface area contributed by atoms with Gasteiger partial charge in [-0.25, -0.2) is 0 Å². The summed E-state index contributed by atoms with van der Waals surface area (Å²) < 4.78 is 27.4. The van der Waals surface area contributed by atoms with Crippen LogP contribution in [0.1, 0.15) is 34.7 Å². The Kier molecular flexibility index (Phi) is 6.53. The third-order valence-corrected chi connectivity index (χ3v) is 5.88. The van der Waals surface area contributed by atoms with Crippen LogP contribution < -0.4 is 9.47 Å². The van der Waals surface area contributed by atoms with Gasteiger partial charge in [-0.15, -0.1) is 0 Å². The van der Waals surface area contributed by atoms with E-state index in [0.717, 1.165) is 18.4 Å². The summed E-state index contributed by atoms with van der Waals surface area (Å²) in [6, 6.07) is 12.4. The maximum atomic E-state index is 13.5. The lowest BCUT2D eigenvalue weighted by Crippen LogP contribution is -2.45. The van der Waals surface area contributed by atoms with Gasteiger partial charge >= 0.3 is 0 Å². The SMILES string of the molecule is O=C(CN(CC1CCCO1)C(=O)c1ccco1)N(Cc1ccc2c(c1)OCO2)Cc1ccco1. The Hall–Kier alpha value is -3.72. The average molecular weight is 466 g/mol. The number of rotatable bonds is 9. The van der Waals surface area contributed by atoms with Gasteiger partial charge in [-0.05, 0) is 54.8 Å². The molecule has 0 radical (unpaired) electrons. The highest BCUT2D eigenvalue weighted by Crippen LogP contribution is 2.33. The number of carbonyl (C=O) groups excluding carboxylic acids is 2. The minimum absolute atomic E-state index is 0.0981. The molecule has 0 spiro atoms. The molecule has 3 aromatic rings. The lowest BCUT2D eigenvalue weighted by molar-refractivity contribution is -0.133. The summed E-state index contributed by atoms with van der Waals surface area (Å²) in [7, 11) is 0. The van der Waals surface area contributed by atoms with E-state index in [4.69, 9.17) is 23.0 Å². The Morgan fingerprint density at radius 2 is 1.79 bits per heavy atom. The van der Waals surface area contributed by atoms with E-state index in [1.807, 2.05) is 24.3 Å². The van der Waals surface area contributed by atoms with Gasteiger partial charge in [-0.3, -0.25) is 9.59 Å². The molecule has 2 aromatic heterocycles. The highest BCUT2D eigenvalue weighted by molar-refractivity contribution is 5.94. The second kappa shape index (κ2) is 10.0. The van der Waals surface area contributed by atoms with Crippen LogP contribution in [0.5, 0.6) is 11.5 Å². The monoisotopic (exact) mass is 466 g/mol. The molecule has 9 heteroatoms. The van der Waals surface area contributed by atoms with Crippen molar-refractivity contribution in [1.29, 1.82) is 0 Å². The Balaban J connectivity index is 1.35. The molecule has 34 heavy (non-hydrogen) atoms. The fourth-order valence-electron chi connectivity index (χ4n) is 4.16. The van der Waals surface area contributed by atoms with Crippen molar-refractivity contribution in [3.63, 3.8) is 0 Å². The predicted octanol–water partition coefficient (Wildman–Crippen LogP) is 3.45. The molecule has 0 saturated carbocycles. The fourth-order valence-corrected chi connectivity index (χ4v) is 4.16. The van der Waals surface area contributed by atoms with E-state index >= 15 is 0 Å². The number of ether oxygens (including phenoxy) is 3. The normalized spacial score (nSPS) is 16.5. The molecule has 178 valence electrons. The molecule has 5 rings (SSSR count). The lowest BCUT2D eigenvalue weighted by atomic mass is 10.1. The molecule has 2 aliphatic heterocycles. The van der Waals surface area contributed by atoms with Crippen LogP contribution in [0.4, 0.5) is 0 Å². The third kappa shape index (κ3) is 5.09. The maximum absolute atomic E-state index is 13.5. The molecule has 0 bridgehead atoms. The van der Waals surface area contributed by atoms with Crippen molar-refractivity contribution in [1.82, 2.24) is 9.80 Å². The van der Waals surface area contributed by atoms with E-state index in [1.54, 1.807) is 29.4 Å². The molecule has 9 nitrogen and oxygen atoms in total. The molecule has 1 aromatic carbocycles. The summed E-state index contributed by atoms with van der Waals surface area (Å²) in [4.78, 5) is 29.8. The number of amides is 2. The first-order valence-corrected chi connectivity index (χ1v) is 11.3. The summed E-state index contributed by atoms with van der Waals surface area (Å²) in [5, 5.41) is 0. The van der Waals surface area contributed by atoms with Gasteiger partial charge in [0.25, 0.3) is 5.91 Å². The van der Waals surface area contributed by atoms with Crippen LogP contribution in [-0.4, -0.2) is 54.2 Å².